The van der Waals surface area contributed by atoms with E-state index in [-0.39, 0.29) is 17.5 Å². The number of aromatic amines is 2. The molecule has 2 aromatic rings. The van der Waals surface area contributed by atoms with Crippen LogP contribution < -0.4 is 10.9 Å². The molecular formula is C12H17N5O. The number of rotatable bonds is 4. The van der Waals surface area contributed by atoms with E-state index in [1.165, 1.54) is 6.07 Å². The Morgan fingerprint density at radius 1 is 1.33 bits per heavy atom. The summed E-state index contributed by atoms with van der Waals surface area (Å²) < 4.78 is 0. The molecule has 0 bridgehead atoms. The summed E-state index contributed by atoms with van der Waals surface area (Å²) in [5.41, 5.74) is 0.874. The number of H-pyrrole nitrogens is 2. The van der Waals surface area contributed by atoms with E-state index in [1.807, 2.05) is 27.0 Å². The Bertz CT molecular complexity index is 558. The third-order valence-corrected chi connectivity index (χ3v) is 2.69. The van der Waals surface area contributed by atoms with Crippen molar-refractivity contribution in [1.29, 1.82) is 0 Å². The number of hydrogen-bond acceptors (Lipinski definition) is 4. The van der Waals surface area contributed by atoms with Gasteiger partial charge in [0.25, 0.3) is 5.56 Å². The summed E-state index contributed by atoms with van der Waals surface area (Å²) in [4.78, 5) is 18.6. The smallest absolute Gasteiger partial charge is 0.252 e. The van der Waals surface area contributed by atoms with Gasteiger partial charge in [0.05, 0.1) is 12.2 Å². The molecule has 0 aromatic carbocycles. The van der Waals surface area contributed by atoms with Crippen LogP contribution in [-0.2, 0) is 0 Å². The van der Waals surface area contributed by atoms with Crippen LogP contribution in [0, 0.1) is 0 Å². The average molecular weight is 247 g/mol. The fraction of sp³-hybridized carbons (Fsp3) is 0.417. The van der Waals surface area contributed by atoms with Crippen molar-refractivity contribution in [3.05, 3.63) is 40.2 Å². The van der Waals surface area contributed by atoms with Crippen LogP contribution >= 0.6 is 0 Å². The van der Waals surface area contributed by atoms with Crippen molar-refractivity contribution in [2.75, 3.05) is 5.32 Å². The zero-order valence-electron chi connectivity index (χ0n) is 10.7. The van der Waals surface area contributed by atoms with Gasteiger partial charge in [0.15, 0.2) is 0 Å². The molecule has 0 fully saturated rings. The Balaban J connectivity index is 2.21. The first-order valence-corrected chi connectivity index (χ1v) is 5.92. The van der Waals surface area contributed by atoms with Gasteiger partial charge in [-0.3, -0.25) is 9.89 Å². The number of aromatic nitrogens is 4. The molecule has 2 rings (SSSR count). The molecule has 0 spiro atoms. The van der Waals surface area contributed by atoms with E-state index < -0.39 is 0 Å². The van der Waals surface area contributed by atoms with E-state index >= 15 is 0 Å². The lowest BCUT2D eigenvalue weighted by Gasteiger charge is -2.13. The zero-order valence-corrected chi connectivity index (χ0v) is 10.7. The molecule has 0 aliphatic heterocycles. The minimum absolute atomic E-state index is 0.0399. The maximum Gasteiger partial charge on any atom is 0.252 e. The third kappa shape index (κ3) is 2.77. The van der Waals surface area contributed by atoms with Crippen molar-refractivity contribution in [2.24, 2.45) is 0 Å². The topological polar surface area (TPSA) is 86.5 Å². The molecule has 18 heavy (non-hydrogen) atoms. The van der Waals surface area contributed by atoms with E-state index in [0.29, 0.717) is 11.6 Å². The van der Waals surface area contributed by atoms with E-state index in [9.17, 15) is 4.79 Å². The van der Waals surface area contributed by atoms with Crippen molar-refractivity contribution in [3.63, 3.8) is 0 Å². The molecule has 1 atom stereocenters. The monoisotopic (exact) mass is 247 g/mol. The Kier molecular flexibility index (Phi) is 3.45. The summed E-state index contributed by atoms with van der Waals surface area (Å²) in [6.07, 6.45) is 3.56. The molecule has 1 unspecified atom stereocenters. The lowest BCUT2D eigenvalue weighted by Crippen LogP contribution is -2.16. The van der Waals surface area contributed by atoms with Crippen LogP contribution in [0.1, 0.15) is 44.1 Å². The summed E-state index contributed by atoms with van der Waals surface area (Å²) in [5.74, 6) is 1.45. The van der Waals surface area contributed by atoms with Crippen LogP contribution in [0.4, 0.5) is 5.82 Å². The molecule has 0 amide bonds. The predicted octanol–water partition coefficient (Wildman–Crippen LogP) is 1.79. The largest absolute Gasteiger partial charge is 0.363 e. The summed E-state index contributed by atoms with van der Waals surface area (Å²) in [5, 5.41) is 9.84. The summed E-state index contributed by atoms with van der Waals surface area (Å²) in [6, 6.07) is 1.50. The highest BCUT2D eigenvalue weighted by atomic mass is 16.1. The number of nitrogens with one attached hydrogen (secondary N) is 3. The molecule has 96 valence electrons. The van der Waals surface area contributed by atoms with Gasteiger partial charge in [0, 0.05) is 23.7 Å². The summed E-state index contributed by atoms with van der Waals surface area (Å²) in [6.45, 7) is 5.96. The van der Waals surface area contributed by atoms with Crippen LogP contribution in [0.15, 0.2) is 23.3 Å². The highest BCUT2D eigenvalue weighted by molar-refractivity contribution is 5.36. The molecule has 2 heterocycles. The predicted molar refractivity (Wildman–Crippen MR) is 69.6 cm³/mol. The molecular weight excluding hydrogens is 230 g/mol. The first kappa shape index (κ1) is 12.3. The second-order valence-corrected chi connectivity index (χ2v) is 4.57. The van der Waals surface area contributed by atoms with Crippen molar-refractivity contribution >= 4 is 5.82 Å². The first-order valence-electron chi connectivity index (χ1n) is 5.92. The minimum atomic E-state index is -0.143. The second-order valence-electron chi connectivity index (χ2n) is 4.57. The van der Waals surface area contributed by atoms with Gasteiger partial charge < -0.3 is 10.3 Å². The molecule has 0 saturated heterocycles. The lowest BCUT2D eigenvalue weighted by molar-refractivity contribution is 0.761. The Morgan fingerprint density at radius 2 is 2.11 bits per heavy atom. The average Bonchev–Trinajstić information content (AvgIpc) is 2.81. The Hall–Kier alpha value is -2.11. The van der Waals surface area contributed by atoms with Crippen molar-refractivity contribution < 1.29 is 0 Å². The van der Waals surface area contributed by atoms with E-state index in [2.05, 4.69) is 25.5 Å². The van der Waals surface area contributed by atoms with Gasteiger partial charge >= 0.3 is 0 Å². The molecule has 0 radical (unpaired) electrons. The van der Waals surface area contributed by atoms with Crippen LogP contribution in [0.2, 0.25) is 0 Å². The van der Waals surface area contributed by atoms with Gasteiger partial charge in [-0.15, -0.1) is 0 Å². The maximum atomic E-state index is 11.5. The van der Waals surface area contributed by atoms with E-state index in [1.54, 1.807) is 6.20 Å². The highest BCUT2D eigenvalue weighted by Gasteiger charge is 2.09. The first-order chi connectivity index (χ1) is 8.56. The fourth-order valence-electron chi connectivity index (χ4n) is 1.63. The molecule has 0 saturated carbocycles. The van der Waals surface area contributed by atoms with Crippen LogP contribution in [0.3, 0.4) is 0 Å². The molecule has 0 aliphatic carbocycles. The number of hydrogen-bond donors (Lipinski definition) is 3. The summed E-state index contributed by atoms with van der Waals surface area (Å²) in [7, 11) is 0. The fourth-order valence-corrected chi connectivity index (χ4v) is 1.63. The quantitative estimate of drug-likeness (QED) is 0.768. The lowest BCUT2D eigenvalue weighted by atomic mass is 10.2. The Labute approximate surface area is 105 Å². The zero-order chi connectivity index (χ0) is 13.1. The van der Waals surface area contributed by atoms with Gasteiger partial charge in [0.1, 0.15) is 11.6 Å². The third-order valence-electron chi connectivity index (χ3n) is 2.69. The van der Waals surface area contributed by atoms with Crippen molar-refractivity contribution in [1.82, 2.24) is 20.2 Å². The standard InChI is InChI=1S/C12H17N5O/c1-7(2)12-16-10(4-11(18)17-12)15-8(3)9-5-13-14-6-9/h4-8H,1-3H3,(H,13,14)(H2,15,16,17,18). The molecule has 6 heteroatoms. The molecule has 2 aromatic heterocycles. The highest BCUT2D eigenvalue weighted by Crippen LogP contribution is 2.16. The van der Waals surface area contributed by atoms with Crippen molar-refractivity contribution in [2.45, 2.75) is 32.7 Å². The van der Waals surface area contributed by atoms with Crippen LogP contribution in [-0.4, -0.2) is 20.2 Å². The number of anilines is 1. The van der Waals surface area contributed by atoms with Gasteiger partial charge in [-0.2, -0.15) is 5.10 Å². The Morgan fingerprint density at radius 3 is 2.72 bits per heavy atom. The van der Waals surface area contributed by atoms with Gasteiger partial charge in [-0.25, -0.2) is 4.98 Å². The second kappa shape index (κ2) is 5.03. The van der Waals surface area contributed by atoms with E-state index in [4.69, 9.17) is 0 Å². The van der Waals surface area contributed by atoms with Gasteiger partial charge in [-0.05, 0) is 6.92 Å². The maximum absolute atomic E-state index is 11.5. The van der Waals surface area contributed by atoms with Crippen LogP contribution in [0.25, 0.3) is 0 Å². The number of nitrogens with zero attached hydrogens (tertiary/aromatic N) is 2. The minimum Gasteiger partial charge on any atom is -0.363 e. The molecule has 6 nitrogen and oxygen atoms in total. The summed E-state index contributed by atoms with van der Waals surface area (Å²) >= 11 is 0. The van der Waals surface area contributed by atoms with Gasteiger partial charge in [0.2, 0.25) is 0 Å². The van der Waals surface area contributed by atoms with Crippen LogP contribution in [0.5, 0.6) is 0 Å². The van der Waals surface area contributed by atoms with E-state index in [0.717, 1.165) is 5.56 Å². The molecule has 3 N–H and O–H groups in total. The van der Waals surface area contributed by atoms with Gasteiger partial charge in [-0.1, -0.05) is 13.8 Å². The normalized spacial score (nSPS) is 12.7. The molecule has 0 aliphatic rings. The SMILES string of the molecule is CC(C)c1nc(NC(C)c2cn[nH]c2)cc(=O)[nH]1. The van der Waals surface area contributed by atoms with Crippen molar-refractivity contribution in [3.8, 4) is 0 Å².